The van der Waals surface area contributed by atoms with Crippen molar-refractivity contribution in [3.8, 4) is 23.0 Å². The highest BCUT2D eigenvalue weighted by molar-refractivity contribution is 5.78. The average Bonchev–Trinajstić information content (AvgIpc) is 3.44. The molecule has 3 aromatic rings. The zero-order chi connectivity index (χ0) is 24.7. The normalized spacial score (nSPS) is 20.0. The van der Waals surface area contributed by atoms with Crippen LogP contribution in [0.25, 0.3) is 0 Å². The van der Waals surface area contributed by atoms with Gasteiger partial charge in [0.1, 0.15) is 17.3 Å². The summed E-state index contributed by atoms with van der Waals surface area (Å²) in [5, 5.41) is 13.9. The maximum atomic E-state index is 12.9. The Morgan fingerprint density at radius 3 is 2.49 bits per heavy atom. The van der Waals surface area contributed by atoms with Crippen molar-refractivity contribution >= 4 is 11.8 Å². The van der Waals surface area contributed by atoms with Crippen LogP contribution in [-0.4, -0.2) is 43.1 Å². The van der Waals surface area contributed by atoms with Crippen molar-refractivity contribution in [1.82, 2.24) is 4.98 Å². The smallest absolute Gasteiger partial charge is 0.308 e. The largest absolute Gasteiger partial charge is 0.497 e. The number of benzene rings is 2. The van der Waals surface area contributed by atoms with E-state index in [0.29, 0.717) is 34.5 Å². The molecule has 8 nitrogen and oxygen atoms in total. The summed E-state index contributed by atoms with van der Waals surface area (Å²) < 4.78 is 22.1. The van der Waals surface area contributed by atoms with Gasteiger partial charge in [-0.2, -0.15) is 0 Å². The van der Waals surface area contributed by atoms with E-state index in [4.69, 9.17) is 23.9 Å². The monoisotopic (exact) mass is 476 g/mol. The van der Waals surface area contributed by atoms with Crippen molar-refractivity contribution in [3.05, 3.63) is 70.9 Å². The number of nitrogens with zero attached hydrogens (tertiary/aromatic N) is 1. The topological polar surface area (TPSA) is 99.1 Å². The molecule has 2 aliphatic rings. The van der Waals surface area contributed by atoms with Crippen LogP contribution in [0.15, 0.2) is 48.5 Å². The lowest BCUT2D eigenvalue weighted by molar-refractivity contribution is -0.142. The molecule has 0 saturated carbocycles. The molecule has 0 bridgehead atoms. The predicted molar refractivity (Wildman–Crippen MR) is 130 cm³/mol. The summed E-state index contributed by atoms with van der Waals surface area (Å²) in [6.07, 6.45) is 0. The number of aromatic nitrogens is 1. The maximum absolute atomic E-state index is 12.9. The average molecular weight is 477 g/mol. The molecule has 2 aromatic carbocycles. The quantitative estimate of drug-likeness (QED) is 0.509. The molecule has 35 heavy (non-hydrogen) atoms. The Morgan fingerprint density at radius 1 is 1.00 bits per heavy atom. The van der Waals surface area contributed by atoms with Crippen LogP contribution in [0.5, 0.6) is 23.0 Å². The zero-order valence-corrected chi connectivity index (χ0v) is 20.1. The van der Waals surface area contributed by atoms with Crippen molar-refractivity contribution in [2.24, 2.45) is 5.92 Å². The van der Waals surface area contributed by atoms with Crippen molar-refractivity contribution < 1.29 is 28.8 Å². The number of nitrogens with one attached hydrogen (secondary N) is 1. The van der Waals surface area contributed by atoms with Crippen LogP contribution in [0, 0.1) is 5.92 Å². The number of ether oxygens (including phenoxy) is 4. The van der Waals surface area contributed by atoms with Gasteiger partial charge < -0.3 is 29.4 Å². The molecule has 1 aliphatic heterocycles. The molecule has 5 rings (SSSR count). The van der Waals surface area contributed by atoms with Crippen LogP contribution in [0.4, 0.5) is 5.82 Å². The molecule has 0 fully saturated rings. The number of hydrogen-bond acceptors (Lipinski definition) is 7. The fourth-order valence-corrected chi connectivity index (χ4v) is 5.12. The highest BCUT2D eigenvalue weighted by Crippen LogP contribution is 2.55. The Bertz CT molecular complexity index is 1270. The van der Waals surface area contributed by atoms with Gasteiger partial charge in [0.2, 0.25) is 6.79 Å². The second-order valence-electron chi connectivity index (χ2n) is 9.01. The highest BCUT2D eigenvalue weighted by Gasteiger charge is 2.49. The summed E-state index contributed by atoms with van der Waals surface area (Å²) in [7, 11) is 3.16. The Hall–Kier alpha value is -3.94. The maximum Gasteiger partial charge on any atom is 0.308 e. The lowest BCUT2D eigenvalue weighted by Gasteiger charge is -2.24. The standard InChI is InChI=1S/C27H28N2O6/c1-14(2)28-22-10-8-18-23(15-5-9-19-21(11-15)35-13-34-19)25(27(30)31)24(26(18)29-22)17-7-6-16(32-3)12-20(17)33-4/h5-12,14,23-25H,13H2,1-4H3,(H,28,29)(H,30,31)/t23-,24-,25+/m0/s1. The SMILES string of the molecule is COc1ccc([C@@H]2c3nc(NC(C)C)ccc3[C@H](c3ccc4c(c3)OCO4)[C@H]2C(=O)O)c(OC)c1. The lowest BCUT2D eigenvalue weighted by Crippen LogP contribution is -2.24. The minimum atomic E-state index is -0.910. The van der Waals surface area contributed by atoms with Gasteiger partial charge in [0.05, 0.1) is 25.8 Å². The molecular weight excluding hydrogens is 448 g/mol. The fourth-order valence-electron chi connectivity index (χ4n) is 5.12. The summed E-state index contributed by atoms with van der Waals surface area (Å²) >= 11 is 0. The zero-order valence-electron chi connectivity index (χ0n) is 20.1. The van der Waals surface area contributed by atoms with Crippen LogP contribution in [0.3, 0.4) is 0 Å². The van der Waals surface area contributed by atoms with Crippen LogP contribution >= 0.6 is 0 Å². The molecule has 2 heterocycles. The first-order valence-corrected chi connectivity index (χ1v) is 11.5. The van der Waals surface area contributed by atoms with E-state index < -0.39 is 23.7 Å². The number of anilines is 1. The van der Waals surface area contributed by atoms with Gasteiger partial charge in [0, 0.05) is 29.5 Å². The first kappa shape index (κ1) is 22.8. The summed E-state index contributed by atoms with van der Waals surface area (Å²) in [6, 6.07) is 15.1. The molecule has 0 unspecified atom stereocenters. The molecule has 8 heteroatoms. The van der Waals surface area contributed by atoms with Gasteiger partial charge in [-0.3, -0.25) is 4.79 Å². The Labute approximate surface area is 203 Å². The number of pyridine rings is 1. The van der Waals surface area contributed by atoms with Crippen LogP contribution in [-0.2, 0) is 4.79 Å². The van der Waals surface area contributed by atoms with Crippen LogP contribution in [0.2, 0.25) is 0 Å². The van der Waals surface area contributed by atoms with Crippen molar-refractivity contribution in [3.63, 3.8) is 0 Å². The van der Waals surface area contributed by atoms with E-state index in [1.165, 1.54) is 0 Å². The summed E-state index contributed by atoms with van der Waals surface area (Å²) in [5.41, 5.74) is 3.17. The third kappa shape index (κ3) is 3.99. The van der Waals surface area contributed by atoms with E-state index in [2.05, 4.69) is 5.32 Å². The van der Waals surface area contributed by atoms with Crippen molar-refractivity contribution in [2.45, 2.75) is 31.7 Å². The van der Waals surface area contributed by atoms with Crippen LogP contribution in [0.1, 0.15) is 48.1 Å². The first-order valence-electron chi connectivity index (χ1n) is 11.5. The lowest BCUT2D eigenvalue weighted by atomic mass is 9.79. The minimum Gasteiger partial charge on any atom is -0.497 e. The van der Waals surface area contributed by atoms with E-state index in [1.807, 2.05) is 56.3 Å². The molecule has 1 aromatic heterocycles. The minimum absolute atomic E-state index is 0.153. The second kappa shape index (κ2) is 9.02. The number of methoxy groups -OCH3 is 2. The summed E-state index contributed by atoms with van der Waals surface area (Å²) in [6.45, 7) is 4.22. The third-order valence-corrected chi connectivity index (χ3v) is 6.56. The van der Waals surface area contributed by atoms with E-state index in [-0.39, 0.29) is 12.8 Å². The van der Waals surface area contributed by atoms with Gasteiger partial charge in [-0.15, -0.1) is 0 Å². The fraction of sp³-hybridized carbons (Fsp3) is 0.333. The third-order valence-electron chi connectivity index (χ3n) is 6.56. The Kier molecular flexibility index (Phi) is 5.88. The number of carboxylic acids is 1. The molecule has 0 amide bonds. The molecule has 2 N–H and O–H groups in total. The van der Waals surface area contributed by atoms with E-state index in [1.54, 1.807) is 20.3 Å². The number of carbonyl (C=O) groups is 1. The van der Waals surface area contributed by atoms with Crippen molar-refractivity contribution in [2.75, 3.05) is 26.3 Å². The summed E-state index contributed by atoms with van der Waals surface area (Å²) in [4.78, 5) is 17.8. The van der Waals surface area contributed by atoms with Gasteiger partial charge in [0.15, 0.2) is 11.5 Å². The molecule has 0 saturated heterocycles. The van der Waals surface area contributed by atoms with Crippen molar-refractivity contribution in [1.29, 1.82) is 0 Å². The number of hydrogen-bond donors (Lipinski definition) is 2. The Morgan fingerprint density at radius 2 is 1.77 bits per heavy atom. The van der Waals surface area contributed by atoms with E-state index in [9.17, 15) is 9.90 Å². The van der Waals surface area contributed by atoms with E-state index >= 15 is 0 Å². The first-order chi connectivity index (χ1) is 16.9. The van der Waals surface area contributed by atoms with Crippen LogP contribution < -0.4 is 24.3 Å². The van der Waals surface area contributed by atoms with Gasteiger partial charge in [-0.25, -0.2) is 4.98 Å². The number of carboxylic acid groups (broad SMARTS) is 1. The predicted octanol–water partition coefficient (Wildman–Crippen LogP) is 4.63. The van der Waals surface area contributed by atoms with E-state index in [0.717, 1.165) is 16.7 Å². The van der Waals surface area contributed by atoms with Gasteiger partial charge in [-0.05, 0) is 49.2 Å². The molecular formula is C27H28N2O6. The van der Waals surface area contributed by atoms with Gasteiger partial charge >= 0.3 is 5.97 Å². The molecule has 0 spiro atoms. The molecule has 1 aliphatic carbocycles. The number of fused-ring (bicyclic) bond motifs is 2. The second-order valence-corrected chi connectivity index (χ2v) is 9.01. The molecule has 182 valence electrons. The Balaban J connectivity index is 1.71. The summed E-state index contributed by atoms with van der Waals surface area (Å²) in [5.74, 6) is 0.467. The molecule has 3 atom stereocenters. The van der Waals surface area contributed by atoms with Gasteiger partial charge in [0.25, 0.3) is 0 Å². The molecule has 0 radical (unpaired) electrons. The van der Waals surface area contributed by atoms with Gasteiger partial charge in [-0.1, -0.05) is 18.2 Å². The number of rotatable bonds is 7. The number of aliphatic carboxylic acids is 1. The highest BCUT2D eigenvalue weighted by atomic mass is 16.7.